The van der Waals surface area contributed by atoms with Crippen molar-refractivity contribution in [1.82, 2.24) is 0 Å². The van der Waals surface area contributed by atoms with Crippen molar-refractivity contribution in [2.24, 2.45) is 0 Å². The van der Waals surface area contributed by atoms with Crippen molar-refractivity contribution in [2.45, 2.75) is 11.3 Å². The first kappa shape index (κ1) is 15.8. The van der Waals surface area contributed by atoms with Gasteiger partial charge in [0.05, 0.1) is 12.0 Å². The molecule has 0 N–H and O–H groups in total. The Balaban J connectivity index is 2.19. The molecular weight excluding hydrogens is 338 g/mol. The first-order chi connectivity index (χ1) is 10.9. The highest BCUT2D eigenvalue weighted by Crippen LogP contribution is 2.39. The fourth-order valence-electron chi connectivity index (χ4n) is 2.61. The number of halogens is 1. The Bertz CT molecular complexity index is 879. The van der Waals surface area contributed by atoms with Gasteiger partial charge in [-0.2, -0.15) is 0 Å². The Morgan fingerprint density at radius 3 is 2.61 bits per heavy atom. The number of ether oxygens (including phenoxy) is 1. The minimum absolute atomic E-state index is 0.0705. The van der Waals surface area contributed by atoms with Crippen LogP contribution in [0.4, 0.5) is 5.69 Å². The van der Waals surface area contributed by atoms with E-state index >= 15 is 0 Å². The van der Waals surface area contributed by atoms with Crippen LogP contribution in [0.15, 0.2) is 47.4 Å². The molecule has 2 aromatic rings. The smallest absolute Gasteiger partial charge is 0.264 e. The number of benzene rings is 2. The molecule has 0 spiro atoms. The molecule has 0 fully saturated rings. The number of para-hydroxylation sites is 1. The van der Waals surface area contributed by atoms with Gasteiger partial charge in [-0.15, -0.1) is 0 Å². The van der Waals surface area contributed by atoms with Gasteiger partial charge in [-0.3, -0.25) is 9.10 Å². The van der Waals surface area contributed by atoms with Crippen LogP contribution in [0.3, 0.4) is 0 Å². The minimum Gasteiger partial charge on any atom is -0.495 e. The summed E-state index contributed by atoms with van der Waals surface area (Å²) in [5.41, 5.74) is 0.632. The van der Waals surface area contributed by atoms with E-state index in [-0.39, 0.29) is 29.3 Å². The fraction of sp³-hybridized carbons (Fsp3) is 0.188. The molecular formula is C16H14ClNO4S. The van der Waals surface area contributed by atoms with Crippen LogP contribution < -0.4 is 9.04 Å². The summed E-state index contributed by atoms with van der Waals surface area (Å²) in [5.74, 6) is 0.248. The van der Waals surface area contributed by atoms with Gasteiger partial charge in [0.1, 0.15) is 11.4 Å². The molecule has 0 amide bonds. The number of fused-ring (bicyclic) bond motifs is 1. The molecule has 2 aromatic carbocycles. The molecule has 0 saturated heterocycles. The molecule has 1 heterocycles. The molecule has 5 nitrogen and oxygen atoms in total. The molecule has 120 valence electrons. The van der Waals surface area contributed by atoms with Gasteiger partial charge in [-0.05, 0) is 30.3 Å². The third kappa shape index (κ3) is 2.68. The molecule has 23 heavy (non-hydrogen) atoms. The van der Waals surface area contributed by atoms with Gasteiger partial charge < -0.3 is 4.74 Å². The fourth-order valence-corrected chi connectivity index (χ4v) is 4.41. The van der Waals surface area contributed by atoms with E-state index in [0.29, 0.717) is 16.3 Å². The first-order valence-corrected chi connectivity index (χ1v) is 8.75. The predicted octanol–water partition coefficient (Wildman–Crippen LogP) is 3.13. The molecule has 7 heteroatoms. The quantitative estimate of drug-likeness (QED) is 0.852. The van der Waals surface area contributed by atoms with Crippen LogP contribution >= 0.6 is 11.6 Å². The second kappa shape index (κ2) is 5.86. The summed E-state index contributed by atoms with van der Waals surface area (Å²) in [4.78, 5) is 12.2. The van der Waals surface area contributed by atoms with Crippen LogP contribution in [0.1, 0.15) is 16.8 Å². The second-order valence-electron chi connectivity index (χ2n) is 5.06. The maximum absolute atomic E-state index is 13.0. The SMILES string of the molecule is COc1cccc2c1N(S(=O)(=O)c1cccc(Cl)c1)CCC2=O. The number of hydrogen-bond acceptors (Lipinski definition) is 4. The third-order valence-electron chi connectivity index (χ3n) is 3.69. The van der Waals surface area contributed by atoms with Crippen molar-refractivity contribution >= 4 is 33.1 Å². The number of anilines is 1. The molecule has 0 bridgehead atoms. The summed E-state index contributed by atoms with van der Waals surface area (Å²) in [7, 11) is -2.39. The van der Waals surface area contributed by atoms with Gasteiger partial charge in [0, 0.05) is 23.6 Å². The van der Waals surface area contributed by atoms with E-state index in [1.807, 2.05) is 0 Å². The first-order valence-electron chi connectivity index (χ1n) is 6.93. The second-order valence-corrected chi connectivity index (χ2v) is 7.36. The van der Waals surface area contributed by atoms with Crippen LogP contribution in [0.2, 0.25) is 5.02 Å². The number of Topliss-reactive ketones (excluding diaryl/α,β-unsaturated/α-hetero) is 1. The number of nitrogens with zero attached hydrogens (tertiary/aromatic N) is 1. The molecule has 0 aliphatic carbocycles. The zero-order valence-corrected chi connectivity index (χ0v) is 13.9. The molecule has 1 aliphatic heterocycles. The van der Waals surface area contributed by atoms with Crippen molar-refractivity contribution in [3.05, 3.63) is 53.1 Å². The lowest BCUT2D eigenvalue weighted by molar-refractivity contribution is 0.0981. The largest absolute Gasteiger partial charge is 0.495 e. The molecule has 0 saturated carbocycles. The molecule has 3 rings (SSSR count). The van der Waals surface area contributed by atoms with Gasteiger partial charge in [-0.1, -0.05) is 23.7 Å². The van der Waals surface area contributed by atoms with Crippen LogP contribution in [-0.4, -0.2) is 27.9 Å². The monoisotopic (exact) mass is 351 g/mol. The van der Waals surface area contributed by atoms with Gasteiger partial charge >= 0.3 is 0 Å². The lowest BCUT2D eigenvalue weighted by atomic mass is 10.0. The average Bonchev–Trinajstić information content (AvgIpc) is 2.54. The summed E-state index contributed by atoms with van der Waals surface area (Å²) in [6.45, 7) is 0.0705. The van der Waals surface area contributed by atoms with E-state index in [1.54, 1.807) is 30.3 Å². The van der Waals surface area contributed by atoms with Crippen LogP contribution in [0.5, 0.6) is 5.75 Å². The van der Waals surface area contributed by atoms with Crippen molar-refractivity contribution < 1.29 is 17.9 Å². The number of carbonyl (C=O) groups is 1. The van der Waals surface area contributed by atoms with E-state index in [0.717, 1.165) is 0 Å². The molecule has 1 aliphatic rings. The minimum atomic E-state index is -3.84. The van der Waals surface area contributed by atoms with E-state index < -0.39 is 10.0 Å². The van der Waals surface area contributed by atoms with E-state index in [9.17, 15) is 13.2 Å². The standard InChI is InChI=1S/C16H14ClNO4S/c1-22-15-7-3-6-13-14(19)8-9-18(16(13)15)23(20,21)12-5-2-4-11(17)10-12/h2-7,10H,8-9H2,1H3. The third-order valence-corrected chi connectivity index (χ3v) is 5.72. The Hall–Kier alpha value is -2.05. The summed E-state index contributed by atoms with van der Waals surface area (Å²) in [5, 5.41) is 0.333. The molecule has 0 aromatic heterocycles. The molecule has 0 radical (unpaired) electrons. The summed E-state index contributed by atoms with van der Waals surface area (Å²) < 4.78 is 32.4. The summed E-state index contributed by atoms with van der Waals surface area (Å²) in [6, 6.07) is 11.0. The lowest BCUT2D eigenvalue weighted by Gasteiger charge is -2.31. The number of carbonyl (C=O) groups excluding carboxylic acids is 1. The Morgan fingerprint density at radius 2 is 1.91 bits per heavy atom. The number of ketones is 1. The summed E-state index contributed by atoms with van der Waals surface area (Å²) >= 11 is 5.91. The number of methoxy groups -OCH3 is 1. The van der Waals surface area contributed by atoms with Crippen molar-refractivity contribution in [1.29, 1.82) is 0 Å². The maximum atomic E-state index is 13.0. The molecule has 0 unspecified atom stereocenters. The zero-order valence-electron chi connectivity index (χ0n) is 12.3. The van der Waals surface area contributed by atoms with Crippen molar-refractivity contribution in [3.8, 4) is 5.75 Å². The lowest BCUT2D eigenvalue weighted by Crippen LogP contribution is -2.37. The predicted molar refractivity (Wildman–Crippen MR) is 87.9 cm³/mol. The number of sulfonamides is 1. The van der Waals surface area contributed by atoms with Crippen molar-refractivity contribution in [2.75, 3.05) is 18.0 Å². The van der Waals surface area contributed by atoms with Crippen molar-refractivity contribution in [3.63, 3.8) is 0 Å². The zero-order chi connectivity index (χ0) is 16.6. The molecule has 0 atom stereocenters. The number of rotatable bonds is 3. The maximum Gasteiger partial charge on any atom is 0.264 e. The topological polar surface area (TPSA) is 63.7 Å². The van der Waals surface area contributed by atoms with Gasteiger partial charge in [0.25, 0.3) is 10.0 Å². The Morgan fingerprint density at radius 1 is 1.17 bits per heavy atom. The highest BCUT2D eigenvalue weighted by Gasteiger charge is 2.34. The number of hydrogen-bond donors (Lipinski definition) is 0. The van der Waals surface area contributed by atoms with Gasteiger partial charge in [0.15, 0.2) is 5.78 Å². The Labute approximate surface area is 139 Å². The van der Waals surface area contributed by atoms with Crippen LogP contribution in [0.25, 0.3) is 0 Å². The van der Waals surface area contributed by atoms with Gasteiger partial charge in [0.2, 0.25) is 0 Å². The van der Waals surface area contributed by atoms with E-state index in [1.165, 1.54) is 23.5 Å². The highest BCUT2D eigenvalue weighted by molar-refractivity contribution is 7.92. The van der Waals surface area contributed by atoms with Crippen LogP contribution in [0, 0.1) is 0 Å². The average molecular weight is 352 g/mol. The normalized spacial score (nSPS) is 14.5. The Kier molecular flexibility index (Phi) is 4.04. The highest BCUT2D eigenvalue weighted by atomic mass is 35.5. The summed E-state index contributed by atoms with van der Waals surface area (Å²) in [6.07, 6.45) is 0.125. The van der Waals surface area contributed by atoms with E-state index in [4.69, 9.17) is 16.3 Å². The van der Waals surface area contributed by atoms with Gasteiger partial charge in [-0.25, -0.2) is 8.42 Å². The van der Waals surface area contributed by atoms with Crippen LogP contribution in [-0.2, 0) is 10.0 Å². The van der Waals surface area contributed by atoms with E-state index in [2.05, 4.69) is 0 Å².